The monoisotopic (exact) mass is 422 g/mol. The highest BCUT2D eigenvalue weighted by atomic mass is 16.5. The van der Waals surface area contributed by atoms with E-state index in [-0.39, 0.29) is 6.42 Å². The van der Waals surface area contributed by atoms with Crippen molar-refractivity contribution in [3.8, 4) is 40.1 Å². The molecule has 0 aliphatic rings. The lowest BCUT2D eigenvalue weighted by atomic mass is 10.1. The van der Waals surface area contributed by atoms with Gasteiger partial charge < -0.3 is 23.2 Å². The fourth-order valence-corrected chi connectivity index (χ4v) is 3.32. The van der Waals surface area contributed by atoms with Crippen LogP contribution in [0.25, 0.3) is 22.8 Å². The number of rotatable bonds is 7. The van der Waals surface area contributed by atoms with Crippen LogP contribution in [0.3, 0.4) is 0 Å². The van der Waals surface area contributed by atoms with Crippen molar-refractivity contribution in [1.29, 1.82) is 0 Å². The Balaban J connectivity index is 1.57. The van der Waals surface area contributed by atoms with Gasteiger partial charge in [0.25, 0.3) is 0 Å². The van der Waals surface area contributed by atoms with Gasteiger partial charge in [-0.1, -0.05) is 22.3 Å². The topological polar surface area (TPSA) is 106 Å². The summed E-state index contributed by atoms with van der Waals surface area (Å²) < 4.78 is 27.3. The molecule has 2 heterocycles. The van der Waals surface area contributed by atoms with Gasteiger partial charge in [0.05, 0.1) is 21.3 Å². The van der Waals surface area contributed by atoms with Crippen LogP contribution in [0.1, 0.15) is 22.9 Å². The molecule has 4 rings (SSSR count). The van der Waals surface area contributed by atoms with Crippen LogP contribution >= 0.6 is 0 Å². The highest BCUT2D eigenvalue weighted by Crippen LogP contribution is 2.40. The second-order valence-corrected chi connectivity index (χ2v) is 6.98. The van der Waals surface area contributed by atoms with Crippen molar-refractivity contribution < 1.29 is 23.2 Å². The number of benzene rings is 2. The normalized spacial score (nSPS) is 10.9. The van der Waals surface area contributed by atoms with E-state index in [0.717, 1.165) is 16.7 Å². The molecule has 0 amide bonds. The summed E-state index contributed by atoms with van der Waals surface area (Å²) in [5.74, 6) is 3.04. The van der Waals surface area contributed by atoms with Gasteiger partial charge in [-0.05, 0) is 38.1 Å². The fourth-order valence-electron chi connectivity index (χ4n) is 3.32. The molecular formula is C22H22N4O5. The lowest BCUT2D eigenvalue weighted by Crippen LogP contribution is -1.96. The summed E-state index contributed by atoms with van der Waals surface area (Å²) in [6, 6.07) is 9.59. The molecule has 0 bridgehead atoms. The van der Waals surface area contributed by atoms with Gasteiger partial charge in [0.2, 0.25) is 29.2 Å². The Morgan fingerprint density at radius 2 is 1.45 bits per heavy atom. The standard InChI is InChI=1S/C22H22N4O5/c1-12-6-13(2)8-15(7-12)22-25-24-19(30-22)11-18-23-21(26-31-18)14-9-16(27-3)20(29-5)17(10-14)28-4/h6-10H,11H2,1-5H3. The van der Waals surface area contributed by atoms with Crippen LogP contribution in [0.15, 0.2) is 39.3 Å². The van der Waals surface area contributed by atoms with Gasteiger partial charge in [-0.2, -0.15) is 4.98 Å². The molecule has 160 valence electrons. The molecule has 0 saturated carbocycles. The molecule has 0 aliphatic heterocycles. The quantitative estimate of drug-likeness (QED) is 0.436. The van der Waals surface area contributed by atoms with E-state index < -0.39 is 0 Å². The SMILES string of the molecule is COc1cc(-c2noc(Cc3nnc(-c4cc(C)cc(C)c4)o3)n2)cc(OC)c1OC. The Bertz CT molecular complexity index is 1170. The molecule has 9 nitrogen and oxygen atoms in total. The van der Waals surface area contributed by atoms with E-state index in [1.54, 1.807) is 33.5 Å². The van der Waals surface area contributed by atoms with Crippen molar-refractivity contribution in [2.45, 2.75) is 20.3 Å². The third-order valence-electron chi connectivity index (χ3n) is 4.63. The van der Waals surface area contributed by atoms with Crippen molar-refractivity contribution >= 4 is 0 Å². The average Bonchev–Trinajstić information content (AvgIpc) is 3.42. The molecule has 0 spiro atoms. The second kappa shape index (κ2) is 8.47. The summed E-state index contributed by atoms with van der Waals surface area (Å²) in [6.07, 6.45) is 0.217. The first-order chi connectivity index (χ1) is 15.0. The minimum atomic E-state index is 0.217. The maximum atomic E-state index is 5.80. The Morgan fingerprint density at radius 3 is 2.06 bits per heavy atom. The zero-order valence-electron chi connectivity index (χ0n) is 17.9. The van der Waals surface area contributed by atoms with Gasteiger partial charge in [0.15, 0.2) is 11.5 Å². The Morgan fingerprint density at radius 1 is 0.774 bits per heavy atom. The van der Waals surface area contributed by atoms with Crippen LogP contribution in [-0.4, -0.2) is 41.7 Å². The van der Waals surface area contributed by atoms with Crippen LogP contribution in [0.5, 0.6) is 17.2 Å². The van der Waals surface area contributed by atoms with E-state index in [2.05, 4.69) is 26.4 Å². The van der Waals surface area contributed by atoms with E-state index in [4.69, 9.17) is 23.2 Å². The van der Waals surface area contributed by atoms with Crippen molar-refractivity contribution in [2.24, 2.45) is 0 Å². The van der Waals surface area contributed by atoms with Gasteiger partial charge in [0, 0.05) is 11.1 Å². The zero-order chi connectivity index (χ0) is 22.0. The zero-order valence-corrected chi connectivity index (χ0v) is 17.9. The molecular weight excluding hydrogens is 400 g/mol. The van der Waals surface area contributed by atoms with Gasteiger partial charge in [-0.15, -0.1) is 10.2 Å². The number of aromatic nitrogens is 4. The second-order valence-electron chi connectivity index (χ2n) is 6.98. The number of nitrogens with zero attached hydrogens (tertiary/aromatic N) is 4. The summed E-state index contributed by atoms with van der Waals surface area (Å²) >= 11 is 0. The lowest BCUT2D eigenvalue weighted by molar-refractivity contribution is 0.324. The summed E-state index contributed by atoms with van der Waals surface area (Å²) in [6.45, 7) is 4.05. The predicted octanol–water partition coefficient (Wildman–Crippen LogP) is 4.02. The number of aryl methyl sites for hydroxylation is 2. The summed E-state index contributed by atoms with van der Waals surface area (Å²) in [7, 11) is 4.64. The predicted molar refractivity (Wildman–Crippen MR) is 111 cm³/mol. The molecule has 0 atom stereocenters. The summed E-state index contributed by atoms with van der Waals surface area (Å²) in [5.41, 5.74) is 3.79. The number of hydrogen-bond donors (Lipinski definition) is 0. The Kier molecular flexibility index (Phi) is 5.57. The van der Waals surface area contributed by atoms with Crippen molar-refractivity contribution in [3.05, 3.63) is 53.2 Å². The molecule has 2 aromatic carbocycles. The molecule has 2 aromatic heterocycles. The van der Waals surface area contributed by atoms with E-state index in [1.807, 2.05) is 26.0 Å². The van der Waals surface area contributed by atoms with Crippen molar-refractivity contribution in [1.82, 2.24) is 20.3 Å². The molecule has 0 aliphatic carbocycles. The number of ether oxygens (including phenoxy) is 3. The first-order valence-electron chi connectivity index (χ1n) is 9.54. The first kappa shape index (κ1) is 20.4. The van der Waals surface area contributed by atoms with Crippen molar-refractivity contribution in [2.75, 3.05) is 21.3 Å². The maximum Gasteiger partial charge on any atom is 0.247 e. The third-order valence-corrected chi connectivity index (χ3v) is 4.63. The van der Waals surface area contributed by atoms with Crippen LogP contribution in [-0.2, 0) is 6.42 Å². The Hall–Kier alpha value is -3.88. The summed E-state index contributed by atoms with van der Waals surface area (Å²) in [4.78, 5) is 4.43. The molecule has 0 unspecified atom stereocenters. The highest BCUT2D eigenvalue weighted by Gasteiger charge is 2.19. The molecule has 0 N–H and O–H groups in total. The van der Waals surface area contributed by atoms with Crippen LogP contribution in [0.4, 0.5) is 0 Å². The Labute approximate surface area is 179 Å². The van der Waals surface area contributed by atoms with Gasteiger partial charge in [0.1, 0.15) is 6.42 Å². The minimum absolute atomic E-state index is 0.217. The molecule has 9 heteroatoms. The van der Waals surface area contributed by atoms with E-state index in [1.165, 1.54) is 0 Å². The van der Waals surface area contributed by atoms with Gasteiger partial charge in [-0.25, -0.2) is 0 Å². The molecule has 0 fully saturated rings. The maximum absolute atomic E-state index is 5.80. The lowest BCUT2D eigenvalue weighted by Gasteiger charge is -2.12. The summed E-state index contributed by atoms with van der Waals surface area (Å²) in [5, 5.41) is 12.3. The van der Waals surface area contributed by atoms with Crippen molar-refractivity contribution in [3.63, 3.8) is 0 Å². The third kappa shape index (κ3) is 4.20. The van der Waals surface area contributed by atoms with Gasteiger partial charge >= 0.3 is 0 Å². The molecule has 4 aromatic rings. The fraction of sp³-hybridized carbons (Fsp3) is 0.273. The molecule has 0 saturated heterocycles. The largest absolute Gasteiger partial charge is 0.493 e. The number of hydrogen-bond acceptors (Lipinski definition) is 9. The van der Waals surface area contributed by atoms with E-state index >= 15 is 0 Å². The molecule has 31 heavy (non-hydrogen) atoms. The van der Waals surface area contributed by atoms with E-state index in [0.29, 0.717) is 46.3 Å². The van der Waals surface area contributed by atoms with Crippen LogP contribution < -0.4 is 14.2 Å². The highest BCUT2D eigenvalue weighted by molar-refractivity contribution is 5.66. The van der Waals surface area contributed by atoms with Crippen LogP contribution in [0, 0.1) is 13.8 Å². The first-order valence-corrected chi connectivity index (χ1v) is 9.54. The van der Waals surface area contributed by atoms with Crippen LogP contribution in [0.2, 0.25) is 0 Å². The van der Waals surface area contributed by atoms with E-state index in [9.17, 15) is 0 Å². The van der Waals surface area contributed by atoms with Gasteiger partial charge in [-0.3, -0.25) is 0 Å². The number of methoxy groups -OCH3 is 3. The average molecular weight is 422 g/mol. The smallest absolute Gasteiger partial charge is 0.247 e. The molecule has 0 radical (unpaired) electrons. The minimum Gasteiger partial charge on any atom is -0.493 e.